The number of benzene rings is 8. The first kappa shape index (κ1) is 32.6. The Bertz CT molecular complexity index is 3150. The van der Waals surface area contributed by atoms with Crippen LogP contribution in [0.1, 0.15) is 22.3 Å². The third-order valence-corrected chi connectivity index (χ3v) is 12.2. The molecule has 8 aromatic carbocycles. The van der Waals surface area contributed by atoms with Gasteiger partial charge in [0.05, 0.1) is 16.8 Å². The molecule has 0 atom stereocenters. The first-order chi connectivity index (χ1) is 28.7. The van der Waals surface area contributed by atoms with Crippen LogP contribution in [0.3, 0.4) is 0 Å². The average molecular weight is 739 g/mol. The molecule has 0 N–H and O–H groups in total. The molecule has 270 valence electrons. The summed E-state index contributed by atoms with van der Waals surface area (Å²) in [6.07, 6.45) is 0. The highest BCUT2D eigenvalue weighted by molar-refractivity contribution is 6.02. The van der Waals surface area contributed by atoms with E-state index in [4.69, 9.17) is 14.4 Å². The average Bonchev–Trinajstić information content (AvgIpc) is 3.93. The Morgan fingerprint density at radius 3 is 1.48 bits per heavy atom. The molecule has 10 aromatic rings. The fourth-order valence-corrected chi connectivity index (χ4v) is 9.53. The number of para-hydroxylation sites is 1. The van der Waals surface area contributed by atoms with Crippen molar-refractivity contribution in [3.05, 3.63) is 229 Å². The van der Waals surface area contributed by atoms with E-state index in [1.54, 1.807) is 0 Å². The van der Waals surface area contributed by atoms with Crippen LogP contribution in [-0.4, -0.2) is 9.97 Å². The lowest BCUT2D eigenvalue weighted by Gasteiger charge is -2.30. The predicted octanol–water partition coefficient (Wildman–Crippen LogP) is 13.9. The largest absolute Gasteiger partial charge is 0.456 e. The van der Waals surface area contributed by atoms with Crippen molar-refractivity contribution in [2.45, 2.75) is 5.41 Å². The summed E-state index contributed by atoms with van der Waals surface area (Å²) in [6.45, 7) is 0. The van der Waals surface area contributed by atoms with Gasteiger partial charge >= 0.3 is 0 Å². The van der Waals surface area contributed by atoms with E-state index in [0.29, 0.717) is 5.82 Å². The van der Waals surface area contributed by atoms with Gasteiger partial charge in [-0.2, -0.15) is 0 Å². The van der Waals surface area contributed by atoms with Crippen molar-refractivity contribution in [3.63, 3.8) is 0 Å². The zero-order valence-corrected chi connectivity index (χ0v) is 31.4. The zero-order chi connectivity index (χ0) is 38.2. The fourth-order valence-electron chi connectivity index (χ4n) is 9.53. The molecule has 3 nitrogen and oxygen atoms in total. The zero-order valence-electron chi connectivity index (χ0n) is 31.4. The van der Waals surface area contributed by atoms with Gasteiger partial charge in [0, 0.05) is 33.2 Å². The van der Waals surface area contributed by atoms with Crippen molar-refractivity contribution in [1.29, 1.82) is 0 Å². The van der Waals surface area contributed by atoms with E-state index >= 15 is 0 Å². The van der Waals surface area contributed by atoms with E-state index < -0.39 is 5.41 Å². The van der Waals surface area contributed by atoms with E-state index in [-0.39, 0.29) is 0 Å². The first-order valence-corrected chi connectivity index (χ1v) is 19.8. The van der Waals surface area contributed by atoms with Crippen molar-refractivity contribution >= 4 is 11.0 Å². The second kappa shape index (κ2) is 12.7. The molecule has 2 aromatic heterocycles. The summed E-state index contributed by atoms with van der Waals surface area (Å²) in [4.78, 5) is 10.3. The highest BCUT2D eigenvalue weighted by Gasteiger charge is 2.54. The number of aromatic nitrogens is 2. The van der Waals surface area contributed by atoms with Crippen LogP contribution >= 0.6 is 0 Å². The molecular formula is C55H34N2O. The van der Waals surface area contributed by atoms with Gasteiger partial charge in [-0.25, -0.2) is 9.97 Å². The number of fused-ring (bicyclic) bond motifs is 12. The van der Waals surface area contributed by atoms with Gasteiger partial charge in [-0.15, -0.1) is 0 Å². The molecule has 2 heterocycles. The van der Waals surface area contributed by atoms with Gasteiger partial charge in [-0.3, -0.25) is 0 Å². The van der Waals surface area contributed by atoms with Gasteiger partial charge in [-0.1, -0.05) is 188 Å². The van der Waals surface area contributed by atoms with E-state index in [1.807, 2.05) is 12.1 Å². The number of furan rings is 1. The maximum absolute atomic E-state index is 6.83. The van der Waals surface area contributed by atoms with Crippen molar-refractivity contribution in [3.8, 4) is 78.6 Å². The standard InChI is InChI=1S/C55H34N2O/c1-3-13-35(14-4-1)36-23-27-39(28-24-36)50-34-49(38-15-5-2-6-16-38)56-54(57-50)40-29-25-37(26-30-40)41-31-32-48-45(33-41)53-52(44-19-9-12-22-51(44)58-53)55(48)46-20-10-7-17-42(46)43-18-8-11-21-47(43)55/h1-34H. The van der Waals surface area contributed by atoms with Gasteiger partial charge in [0.1, 0.15) is 11.3 Å². The van der Waals surface area contributed by atoms with Crippen molar-refractivity contribution in [2.24, 2.45) is 0 Å². The van der Waals surface area contributed by atoms with Crippen LogP contribution < -0.4 is 0 Å². The van der Waals surface area contributed by atoms with Crippen LogP contribution in [0.25, 0.3) is 89.6 Å². The molecule has 2 aliphatic rings. The van der Waals surface area contributed by atoms with Gasteiger partial charge in [0.2, 0.25) is 0 Å². The molecule has 0 saturated heterocycles. The summed E-state index contributed by atoms with van der Waals surface area (Å²) in [5.74, 6) is 1.65. The van der Waals surface area contributed by atoms with Crippen LogP contribution in [0.2, 0.25) is 0 Å². The smallest absolute Gasteiger partial charge is 0.160 e. The third-order valence-electron chi connectivity index (χ3n) is 12.2. The molecule has 0 saturated carbocycles. The summed E-state index contributed by atoms with van der Waals surface area (Å²) in [5, 5.41) is 1.16. The quantitative estimate of drug-likeness (QED) is 0.176. The van der Waals surface area contributed by atoms with Gasteiger partial charge < -0.3 is 4.42 Å². The third kappa shape index (κ3) is 4.80. The molecule has 0 radical (unpaired) electrons. The highest BCUT2D eigenvalue weighted by Crippen LogP contribution is 2.65. The lowest BCUT2D eigenvalue weighted by Crippen LogP contribution is -2.25. The second-order valence-electron chi connectivity index (χ2n) is 15.3. The Hall–Kier alpha value is -7.62. The topological polar surface area (TPSA) is 38.9 Å². The molecule has 12 rings (SSSR count). The van der Waals surface area contributed by atoms with Gasteiger partial charge in [0.25, 0.3) is 0 Å². The maximum Gasteiger partial charge on any atom is 0.160 e. The van der Waals surface area contributed by atoms with Crippen LogP contribution in [0, 0.1) is 0 Å². The number of nitrogens with zero attached hydrogens (tertiary/aromatic N) is 2. The van der Waals surface area contributed by atoms with Crippen LogP contribution in [0.4, 0.5) is 0 Å². The van der Waals surface area contributed by atoms with E-state index in [2.05, 4.69) is 194 Å². The van der Waals surface area contributed by atoms with Crippen LogP contribution in [-0.2, 0) is 5.41 Å². The number of hydrogen-bond acceptors (Lipinski definition) is 3. The van der Waals surface area contributed by atoms with Crippen molar-refractivity contribution in [1.82, 2.24) is 9.97 Å². The summed E-state index contributed by atoms with van der Waals surface area (Å²) in [7, 11) is 0. The Morgan fingerprint density at radius 1 is 0.345 bits per heavy atom. The lowest BCUT2D eigenvalue weighted by atomic mass is 9.70. The van der Waals surface area contributed by atoms with E-state index in [9.17, 15) is 0 Å². The molecular weight excluding hydrogens is 705 g/mol. The molecule has 3 heteroatoms. The minimum absolute atomic E-state index is 0.465. The fraction of sp³-hybridized carbons (Fsp3) is 0.0182. The SMILES string of the molecule is c1ccc(-c2ccc(-c3cc(-c4ccccc4)nc(-c4ccc(-c5ccc6c(c5)-c5oc7ccccc7c5C65c6ccccc6-c6ccccc65)cc4)n3)cc2)cc1. The molecule has 1 spiro atoms. The monoisotopic (exact) mass is 738 g/mol. The second-order valence-corrected chi connectivity index (χ2v) is 15.3. The molecule has 0 bridgehead atoms. The van der Waals surface area contributed by atoms with Crippen molar-refractivity contribution < 1.29 is 4.42 Å². The number of rotatable bonds is 5. The Kier molecular flexibility index (Phi) is 7.14. The van der Waals surface area contributed by atoms with E-state index in [1.165, 1.54) is 44.5 Å². The Labute approximate surface area is 336 Å². The molecule has 0 unspecified atom stereocenters. The molecule has 58 heavy (non-hydrogen) atoms. The molecule has 0 amide bonds. The minimum atomic E-state index is -0.465. The first-order valence-electron chi connectivity index (χ1n) is 19.8. The summed E-state index contributed by atoms with van der Waals surface area (Å²) >= 11 is 0. The summed E-state index contributed by atoms with van der Waals surface area (Å²) in [5.41, 5.74) is 18.7. The Morgan fingerprint density at radius 2 is 0.810 bits per heavy atom. The van der Waals surface area contributed by atoms with E-state index in [0.717, 1.165) is 61.5 Å². The number of hydrogen-bond donors (Lipinski definition) is 0. The predicted molar refractivity (Wildman–Crippen MR) is 235 cm³/mol. The van der Waals surface area contributed by atoms with Gasteiger partial charge in [-0.05, 0) is 68.3 Å². The van der Waals surface area contributed by atoms with Crippen molar-refractivity contribution in [2.75, 3.05) is 0 Å². The highest BCUT2D eigenvalue weighted by atomic mass is 16.3. The molecule has 0 fully saturated rings. The molecule has 0 aliphatic heterocycles. The normalized spacial score (nSPS) is 13.0. The summed E-state index contributed by atoms with van der Waals surface area (Å²) in [6, 6.07) is 73.4. The van der Waals surface area contributed by atoms with Gasteiger partial charge in [0.15, 0.2) is 5.82 Å². The molecule has 2 aliphatic carbocycles. The van der Waals surface area contributed by atoms with Crippen LogP contribution in [0.15, 0.2) is 211 Å². The Balaban J connectivity index is 0.963. The maximum atomic E-state index is 6.83. The minimum Gasteiger partial charge on any atom is -0.456 e. The van der Waals surface area contributed by atoms with Crippen LogP contribution in [0.5, 0.6) is 0 Å². The summed E-state index contributed by atoms with van der Waals surface area (Å²) < 4.78 is 6.83. The lowest BCUT2D eigenvalue weighted by molar-refractivity contribution is 0.628.